The van der Waals surface area contributed by atoms with Crippen molar-refractivity contribution in [3.05, 3.63) is 47.0 Å². The number of likely N-dealkylation sites (tertiary alicyclic amines) is 1. The van der Waals surface area contributed by atoms with Gasteiger partial charge in [0.2, 0.25) is 11.8 Å². The van der Waals surface area contributed by atoms with E-state index >= 15 is 0 Å². The fourth-order valence-electron chi connectivity index (χ4n) is 4.22. The van der Waals surface area contributed by atoms with Crippen LogP contribution in [0.2, 0.25) is 0 Å². The van der Waals surface area contributed by atoms with Crippen LogP contribution in [0.5, 0.6) is 0 Å². The van der Waals surface area contributed by atoms with Crippen LogP contribution in [0.4, 0.5) is 10.1 Å². The summed E-state index contributed by atoms with van der Waals surface area (Å²) in [4.78, 5) is 26.9. The number of aryl methyl sites for hydroxylation is 1. The van der Waals surface area contributed by atoms with Gasteiger partial charge in [0.05, 0.1) is 12.1 Å². The molecule has 0 bridgehead atoms. The van der Waals surface area contributed by atoms with Gasteiger partial charge in [-0.05, 0) is 48.6 Å². The molecule has 2 aromatic rings. The molecule has 0 aliphatic carbocycles. The van der Waals surface area contributed by atoms with Crippen molar-refractivity contribution in [2.75, 3.05) is 18.4 Å². The Hall–Kier alpha value is -2.70. The molecule has 7 heteroatoms. The van der Waals surface area contributed by atoms with Crippen LogP contribution in [-0.4, -0.2) is 40.0 Å². The lowest BCUT2D eigenvalue weighted by molar-refractivity contribution is -0.135. The molecule has 1 atom stereocenters. The van der Waals surface area contributed by atoms with Gasteiger partial charge in [0.15, 0.2) is 0 Å². The minimum Gasteiger partial charge on any atom is -0.342 e. The Morgan fingerprint density at radius 3 is 2.85 bits per heavy atom. The molecule has 2 aliphatic rings. The van der Waals surface area contributed by atoms with E-state index in [-0.39, 0.29) is 18.2 Å². The molecule has 0 spiro atoms. The van der Waals surface area contributed by atoms with E-state index in [2.05, 4.69) is 22.4 Å². The molecule has 142 valence electrons. The Kier molecular flexibility index (Phi) is 4.68. The standard InChI is InChI=1S/C20H23FN4O2/c1-2-12-11-22-24-19(12)13-5-7-25(8-6-13)20(27)16-10-18(26)23-17-4-3-14(21)9-15(16)17/h3-4,9,11,13,16H,2,5-8,10H2,1H3,(H,22,24)(H,23,26). The third kappa shape index (κ3) is 3.34. The van der Waals surface area contributed by atoms with Crippen molar-refractivity contribution in [1.29, 1.82) is 0 Å². The van der Waals surface area contributed by atoms with Crippen LogP contribution in [0.1, 0.15) is 54.8 Å². The fraction of sp³-hybridized carbons (Fsp3) is 0.450. The van der Waals surface area contributed by atoms with Crippen LogP contribution in [0.25, 0.3) is 0 Å². The molecule has 1 unspecified atom stereocenters. The van der Waals surface area contributed by atoms with Crippen LogP contribution in [0.15, 0.2) is 24.4 Å². The number of rotatable bonds is 3. The Bertz CT molecular complexity index is 871. The van der Waals surface area contributed by atoms with Gasteiger partial charge < -0.3 is 10.2 Å². The second-order valence-electron chi connectivity index (χ2n) is 7.30. The van der Waals surface area contributed by atoms with E-state index in [1.54, 1.807) is 0 Å². The number of hydrogen-bond donors (Lipinski definition) is 2. The summed E-state index contributed by atoms with van der Waals surface area (Å²) < 4.78 is 13.7. The number of hydrogen-bond acceptors (Lipinski definition) is 3. The lowest BCUT2D eigenvalue weighted by atomic mass is 9.87. The monoisotopic (exact) mass is 370 g/mol. The van der Waals surface area contributed by atoms with Gasteiger partial charge in [0.25, 0.3) is 0 Å². The smallest absolute Gasteiger partial charge is 0.230 e. The summed E-state index contributed by atoms with van der Waals surface area (Å²) in [5.74, 6) is -0.930. The molecule has 4 rings (SSSR count). The van der Waals surface area contributed by atoms with Gasteiger partial charge in [-0.3, -0.25) is 14.7 Å². The molecular formula is C20H23FN4O2. The molecule has 1 aromatic carbocycles. The Morgan fingerprint density at radius 2 is 2.11 bits per heavy atom. The average Bonchev–Trinajstić information content (AvgIpc) is 3.16. The molecule has 2 amide bonds. The summed E-state index contributed by atoms with van der Waals surface area (Å²) in [5.41, 5.74) is 3.51. The molecule has 0 saturated carbocycles. The van der Waals surface area contributed by atoms with E-state index in [1.807, 2.05) is 11.1 Å². The maximum atomic E-state index is 13.7. The predicted octanol–water partition coefficient (Wildman–Crippen LogP) is 2.94. The summed E-state index contributed by atoms with van der Waals surface area (Å²) in [6.45, 7) is 3.38. The minimum atomic E-state index is -0.612. The van der Waals surface area contributed by atoms with Crippen LogP contribution < -0.4 is 5.32 Å². The molecule has 2 N–H and O–H groups in total. The quantitative estimate of drug-likeness (QED) is 0.872. The molecule has 1 saturated heterocycles. The number of aromatic amines is 1. The second-order valence-corrected chi connectivity index (χ2v) is 7.30. The first-order chi connectivity index (χ1) is 13.1. The van der Waals surface area contributed by atoms with Gasteiger partial charge >= 0.3 is 0 Å². The number of fused-ring (bicyclic) bond motifs is 1. The number of aromatic nitrogens is 2. The third-order valence-electron chi connectivity index (χ3n) is 5.70. The molecule has 6 nitrogen and oxygen atoms in total. The molecule has 27 heavy (non-hydrogen) atoms. The van der Waals surface area contributed by atoms with Gasteiger partial charge in [0, 0.05) is 36.8 Å². The molecular weight excluding hydrogens is 347 g/mol. The molecule has 2 aliphatic heterocycles. The first-order valence-electron chi connectivity index (χ1n) is 9.47. The lowest BCUT2D eigenvalue weighted by Gasteiger charge is -2.35. The lowest BCUT2D eigenvalue weighted by Crippen LogP contribution is -2.42. The van der Waals surface area contributed by atoms with E-state index in [1.165, 1.54) is 29.5 Å². The fourth-order valence-corrected chi connectivity index (χ4v) is 4.22. The normalized spacial score (nSPS) is 20.3. The summed E-state index contributed by atoms with van der Waals surface area (Å²) >= 11 is 0. The van der Waals surface area contributed by atoms with E-state index in [9.17, 15) is 14.0 Å². The first kappa shape index (κ1) is 17.7. The van der Waals surface area contributed by atoms with Crippen molar-refractivity contribution >= 4 is 17.5 Å². The van der Waals surface area contributed by atoms with Crippen LogP contribution >= 0.6 is 0 Å². The van der Waals surface area contributed by atoms with Gasteiger partial charge in [-0.25, -0.2) is 4.39 Å². The molecule has 3 heterocycles. The Labute approximate surface area is 157 Å². The summed E-state index contributed by atoms with van der Waals surface area (Å²) in [5, 5.41) is 9.99. The number of halogens is 1. The van der Waals surface area contributed by atoms with Crippen molar-refractivity contribution in [3.8, 4) is 0 Å². The highest BCUT2D eigenvalue weighted by Gasteiger charge is 2.35. The number of piperidine rings is 1. The van der Waals surface area contributed by atoms with Crippen molar-refractivity contribution in [1.82, 2.24) is 15.1 Å². The maximum Gasteiger partial charge on any atom is 0.230 e. The SMILES string of the molecule is CCc1cn[nH]c1C1CCN(C(=O)C2CC(=O)Nc3ccc(F)cc32)CC1. The van der Waals surface area contributed by atoms with Crippen molar-refractivity contribution in [2.24, 2.45) is 0 Å². The molecule has 0 radical (unpaired) electrons. The Balaban J connectivity index is 1.49. The highest BCUT2D eigenvalue weighted by molar-refractivity contribution is 6.01. The number of nitrogens with zero attached hydrogens (tertiary/aromatic N) is 2. The summed E-state index contributed by atoms with van der Waals surface area (Å²) in [7, 11) is 0. The van der Waals surface area contributed by atoms with Crippen LogP contribution in [-0.2, 0) is 16.0 Å². The zero-order chi connectivity index (χ0) is 19.0. The third-order valence-corrected chi connectivity index (χ3v) is 5.70. The van der Waals surface area contributed by atoms with Crippen LogP contribution in [0.3, 0.4) is 0 Å². The van der Waals surface area contributed by atoms with Gasteiger partial charge in [-0.1, -0.05) is 6.92 Å². The van der Waals surface area contributed by atoms with Crippen LogP contribution in [0, 0.1) is 5.82 Å². The number of amides is 2. The van der Waals surface area contributed by atoms with Gasteiger partial charge in [-0.2, -0.15) is 5.10 Å². The van der Waals surface area contributed by atoms with Crippen molar-refractivity contribution < 1.29 is 14.0 Å². The number of benzene rings is 1. The van der Waals surface area contributed by atoms with Gasteiger partial charge in [0.1, 0.15) is 5.82 Å². The van der Waals surface area contributed by atoms with E-state index in [0.717, 1.165) is 19.3 Å². The topological polar surface area (TPSA) is 78.1 Å². The van der Waals surface area contributed by atoms with Gasteiger partial charge in [-0.15, -0.1) is 0 Å². The number of nitrogens with one attached hydrogen (secondary N) is 2. The zero-order valence-electron chi connectivity index (χ0n) is 15.3. The van der Waals surface area contributed by atoms with Crippen molar-refractivity contribution in [2.45, 2.75) is 44.4 Å². The molecule has 1 aromatic heterocycles. The number of H-pyrrole nitrogens is 1. The summed E-state index contributed by atoms with van der Waals surface area (Å²) in [6, 6.07) is 4.19. The maximum absolute atomic E-state index is 13.7. The Morgan fingerprint density at radius 1 is 1.33 bits per heavy atom. The van der Waals surface area contributed by atoms with E-state index < -0.39 is 11.7 Å². The number of anilines is 1. The average molecular weight is 370 g/mol. The number of carbonyl (C=O) groups is 2. The summed E-state index contributed by atoms with van der Waals surface area (Å²) in [6.07, 6.45) is 4.59. The molecule has 1 fully saturated rings. The first-order valence-corrected chi connectivity index (χ1v) is 9.47. The zero-order valence-corrected chi connectivity index (χ0v) is 15.3. The number of carbonyl (C=O) groups excluding carboxylic acids is 2. The highest BCUT2D eigenvalue weighted by atomic mass is 19.1. The van der Waals surface area contributed by atoms with E-state index in [4.69, 9.17) is 0 Å². The largest absolute Gasteiger partial charge is 0.342 e. The minimum absolute atomic E-state index is 0.0652. The van der Waals surface area contributed by atoms with Crippen molar-refractivity contribution in [3.63, 3.8) is 0 Å². The van der Waals surface area contributed by atoms with E-state index in [0.29, 0.717) is 30.3 Å². The highest BCUT2D eigenvalue weighted by Crippen LogP contribution is 2.36. The predicted molar refractivity (Wildman–Crippen MR) is 98.9 cm³/mol. The second kappa shape index (κ2) is 7.13.